The van der Waals surface area contributed by atoms with Crippen LogP contribution in [0.2, 0.25) is 0 Å². The molecule has 0 aliphatic carbocycles. The van der Waals surface area contributed by atoms with Crippen molar-refractivity contribution in [2.45, 2.75) is 13.3 Å². The highest BCUT2D eigenvalue weighted by Gasteiger charge is 2.25. The molecule has 16 heavy (non-hydrogen) atoms. The molecule has 0 amide bonds. The molecule has 0 aromatic heterocycles. The lowest BCUT2D eigenvalue weighted by molar-refractivity contribution is -0.385. The molecule has 6 heteroatoms. The Hall–Kier alpha value is -2.42. The van der Waals surface area contributed by atoms with Gasteiger partial charge in [-0.2, -0.15) is 5.26 Å². The molecule has 1 rings (SSSR count). The lowest BCUT2D eigenvalue weighted by Crippen LogP contribution is -2.06. The Morgan fingerprint density at radius 2 is 2.25 bits per heavy atom. The van der Waals surface area contributed by atoms with Crippen molar-refractivity contribution in [3.63, 3.8) is 0 Å². The first-order valence-corrected chi connectivity index (χ1v) is 4.46. The van der Waals surface area contributed by atoms with Crippen molar-refractivity contribution in [2.24, 2.45) is 0 Å². The Balaban J connectivity index is 3.62. The van der Waals surface area contributed by atoms with Gasteiger partial charge >= 0.3 is 11.7 Å². The van der Waals surface area contributed by atoms with Gasteiger partial charge in [-0.25, -0.2) is 4.79 Å². The highest BCUT2D eigenvalue weighted by Crippen LogP contribution is 2.25. The van der Waals surface area contributed by atoms with E-state index in [1.54, 1.807) is 13.0 Å². The number of aromatic carboxylic acids is 1. The number of nitro benzene ring substituents is 1. The van der Waals surface area contributed by atoms with Crippen molar-refractivity contribution in [3.8, 4) is 6.07 Å². The molecule has 0 spiro atoms. The normalized spacial score (nSPS) is 9.50. The van der Waals surface area contributed by atoms with Gasteiger partial charge in [0.2, 0.25) is 0 Å². The summed E-state index contributed by atoms with van der Waals surface area (Å²) in [6.45, 7) is 1.77. The van der Waals surface area contributed by atoms with Crippen LogP contribution in [0.4, 0.5) is 5.69 Å². The number of carboxylic acid groups (broad SMARTS) is 1. The molecule has 0 radical (unpaired) electrons. The minimum atomic E-state index is -1.40. The Bertz CT molecular complexity index is 502. The van der Waals surface area contributed by atoms with Crippen LogP contribution in [0.5, 0.6) is 0 Å². The second-order valence-electron chi connectivity index (χ2n) is 3.07. The predicted octanol–water partition coefficient (Wildman–Crippen LogP) is 1.73. The summed E-state index contributed by atoms with van der Waals surface area (Å²) in [6.07, 6.45) is 0.507. The number of nitriles is 1. The number of carbonyl (C=O) groups is 1. The monoisotopic (exact) mass is 220 g/mol. The molecular weight excluding hydrogens is 212 g/mol. The standard InChI is InChI=1S/C10H8N2O4/c1-2-6-3-7(5-11)9(12(15)16)8(4-6)10(13)14/h3-4H,2H2,1H3,(H,13,14). The minimum absolute atomic E-state index is 0.221. The molecule has 1 N–H and O–H groups in total. The molecule has 0 aliphatic heterocycles. The maximum absolute atomic E-state index is 10.8. The van der Waals surface area contributed by atoms with Crippen LogP contribution in [0.1, 0.15) is 28.4 Å². The van der Waals surface area contributed by atoms with Gasteiger partial charge in [-0.15, -0.1) is 0 Å². The Morgan fingerprint density at radius 1 is 1.62 bits per heavy atom. The number of hydrogen-bond donors (Lipinski definition) is 1. The van der Waals surface area contributed by atoms with Crippen molar-refractivity contribution in [1.29, 1.82) is 5.26 Å². The van der Waals surface area contributed by atoms with Crippen molar-refractivity contribution >= 4 is 11.7 Å². The molecule has 6 nitrogen and oxygen atoms in total. The Labute approximate surface area is 90.9 Å². The first-order chi connectivity index (χ1) is 7.51. The highest BCUT2D eigenvalue weighted by atomic mass is 16.6. The molecule has 82 valence electrons. The van der Waals surface area contributed by atoms with E-state index in [2.05, 4.69) is 0 Å². The van der Waals surface area contributed by atoms with Crippen LogP contribution in [0.15, 0.2) is 12.1 Å². The van der Waals surface area contributed by atoms with Gasteiger partial charge in [-0.1, -0.05) is 6.92 Å². The fraction of sp³-hybridized carbons (Fsp3) is 0.200. The molecule has 1 aromatic rings. The largest absolute Gasteiger partial charge is 0.477 e. The smallest absolute Gasteiger partial charge is 0.342 e. The zero-order valence-corrected chi connectivity index (χ0v) is 8.43. The zero-order chi connectivity index (χ0) is 12.3. The third-order valence-corrected chi connectivity index (χ3v) is 2.11. The fourth-order valence-corrected chi connectivity index (χ4v) is 1.34. The summed E-state index contributed by atoms with van der Waals surface area (Å²) in [5.74, 6) is -1.40. The summed E-state index contributed by atoms with van der Waals surface area (Å²) in [5.41, 5.74) is -0.727. The first kappa shape index (κ1) is 11.7. The second kappa shape index (κ2) is 4.40. The summed E-state index contributed by atoms with van der Waals surface area (Å²) in [5, 5.41) is 28.3. The molecule has 0 bridgehead atoms. The van der Waals surface area contributed by atoms with Crippen LogP contribution < -0.4 is 0 Å². The maximum atomic E-state index is 10.8. The SMILES string of the molecule is CCc1cc(C#N)c([N+](=O)[O-])c(C(=O)O)c1. The number of hydrogen-bond acceptors (Lipinski definition) is 4. The Morgan fingerprint density at radius 3 is 2.62 bits per heavy atom. The number of carboxylic acids is 1. The third kappa shape index (κ3) is 1.98. The molecule has 0 heterocycles. The van der Waals surface area contributed by atoms with Crippen LogP contribution in [-0.4, -0.2) is 16.0 Å². The maximum Gasteiger partial charge on any atom is 0.342 e. The molecule has 0 saturated carbocycles. The third-order valence-electron chi connectivity index (χ3n) is 2.11. The van der Waals surface area contributed by atoms with E-state index in [1.807, 2.05) is 0 Å². The number of benzene rings is 1. The van der Waals surface area contributed by atoms with Crippen LogP contribution >= 0.6 is 0 Å². The van der Waals surface area contributed by atoms with Crippen LogP contribution in [0.3, 0.4) is 0 Å². The highest BCUT2D eigenvalue weighted by molar-refractivity contribution is 5.93. The molecule has 0 atom stereocenters. The van der Waals surface area contributed by atoms with E-state index in [-0.39, 0.29) is 5.56 Å². The molecule has 0 unspecified atom stereocenters. The van der Waals surface area contributed by atoms with E-state index < -0.39 is 22.1 Å². The zero-order valence-electron chi connectivity index (χ0n) is 8.43. The lowest BCUT2D eigenvalue weighted by atomic mass is 10.0. The van der Waals surface area contributed by atoms with E-state index in [0.29, 0.717) is 12.0 Å². The quantitative estimate of drug-likeness (QED) is 0.616. The summed E-state index contributed by atoms with van der Waals surface area (Å²) in [4.78, 5) is 20.7. The van der Waals surface area contributed by atoms with Gasteiger partial charge in [0.05, 0.1) is 4.92 Å². The van der Waals surface area contributed by atoms with Crippen molar-refractivity contribution < 1.29 is 14.8 Å². The van der Waals surface area contributed by atoms with Gasteiger partial charge in [0, 0.05) is 0 Å². The summed E-state index contributed by atoms with van der Waals surface area (Å²) in [7, 11) is 0. The average molecular weight is 220 g/mol. The fourth-order valence-electron chi connectivity index (χ4n) is 1.34. The predicted molar refractivity (Wildman–Crippen MR) is 54.1 cm³/mol. The van der Waals surface area contributed by atoms with E-state index in [0.717, 1.165) is 0 Å². The Kier molecular flexibility index (Phi) is 3.20. The van der Waals surface area contributed by atoms with E-state index in [1.165, 1.54) is 12.1 Å². The molecule has 0 saturated heterocycles. The summed E-state index contributed by atoms with van der Waals surface area (Å²) < 4.78 is 0. The van der Waals surface area contributed by atoms with Gasteiger partial charge in [-0.3, -0.25) is 10.1 Å². The van der Waals surface area contributed by atoms with E-state index in [9.17, 15) is 14.9 Å². The van der Waals surface area contributed by atoms with Gasteiger partial charge < -0.3 is 5.11 Å². The minimum Gasteiger partial charge on any atom is -0.477 e. The second-order valence-corrected chi connectivity index (χ2v) is 3.07. The van der Waals surface area contributed by atoms with Crippen LogP contribution in [0.25, 0.3) is 0 Å². The topological polar surface area (TPSA) is 104 Å². The molecule has 1 aromatic carbocycles. The number of aryl methyl sites for hydroxylation is 1. The lowest BCUT2D eigenvalue weighted by Gasteiger charge is -2.03. The molecule has 0 aliphatic rings. The van der Waals surface area contributed by atoms with Gasteiger partial charge in [0.1, 0.15) is 17.2 Å². The number of nitro groups is 1. The van der Waals surface area contributed by atoms with E-state index >= 15 is 0 Å². The number of nitrogens with zero attached hydrogens (tertiary/aromatic N) is 2. The first-order valence-electron chi connectivity index (χ1n) is 4.46. The van der Waals surface area contributed by atoms with Crippen LogP contribution in [-0.2, 0) is 6.42 Å². The summed E-state index contributed by atoms with van der Waals surface area (Å²) >= 11 is 0. The average Bonchev–Trinajstić information content (AvgIpc) is 2.26. The van der Waals surface area contributed by atoms with Gasteiger partial charge in [0.15, 0.2) is 0 Å². The van der Waals surface area contributed by atoms with Crippen molar-refractivity contribution in [3.05, 3.63) is 38.9 Å². The number of rotatable bonds is 3. The van der Waals surface area contributed by atoms with Crippen LogP contribution in [0, 0.1) is 21.4 Å². The summed E-state index contributed by atoms with van der Waals surface area (Å²) in [6, 6.07) is 4.20. The molecular formula is C10H8N2O4. The van der Waals surface area contributed by atoms with E-state index in [4.69, 9.17) is 10.4 Å². The van der Waals surface area contributed by atoms with Crippen molar-refractivity contribution in [1.82, 2.24) is 0 Å². The van der Waals surface area contributed by atoms with Gasteiger partial charge in [-0.05, 0) is 24.1 Å². The molecule has 0 fully saturated rings. The van der Waals surface area contributed by atoms with Crippen molar-refractivity contribution in [2.75, 3.05) is 0 Å². The van der Waals surface area contributed by atoms with Gasteiger partial charge in [0.25, 0.3) is 0 Å².